The number of rotatable bonds is 4. The normalized spacial score (nSPS) is 16.0. The third-order valence-corrected chi connectivity index (χ3v) is 6.84. The summed E-state index contributed by atoms with van der Waals surface area (Å²) in [6.07, 6.45) is 3.97. The Labute approximate surface area is 207 Å². The number of fused-ring (bicyclic) bond motifs is 1. The summed E-state index contributed by atoms with van der Waals surface area (Å²) in [5, 5.41) is 3.02. The summed E-state index contributed by atoms with van der Waals surface area (Å²) < 4.78 is 2.10. The van der Waals surface area contributed by atoms with Gasteiger partial charge in [-0.15, -0.1) is 0 Å². The van der Waals surface area contributed by atoms with Crippen molar-refractivity contribution in [3.63, 3.8) is 0 Å². The molecule has 0 aliphatic carbocycles. The maximum atomic E-state index is 13.6. The molecule has 1 aromatic heterocycles. The minimum Gasteiger partial charge on any atom is -0.317 e. The molecule has 0 radical (unpaired) electrons. The fourth-order valence-corrected chi connectivity index (χ4v) is 5.16. The highest BCUT2D eigenvalue weighted by Crippen LogP contribution is 2.37. The smallest absolute Gasteiger partial charge is 0.271 e. The van der Waals surface area contributed by atoms with Crippen LogP contribution in [0.4, 0.5) is 11.4 Å². The van der Waals surface area contributed by atoms with Crippen molar-refractivity contribution in [2.45, 2.75) is 0 Å². The van der Waals surface area contributed by atoms with E-state index in [4.69, 9.17) is 4.99 Å². The first kappa shape index (κ1) is 21.2. The summed E-state index contributed by atoms with van der Waals surface area (Å²) >= 11 is 1.40. The van der Waals surface area contributed by atoms with Gasteiger partial charge in [-0.25, -0.2) is 4.99 Å². The molecule has 0 spiro atoms. The molecule has 168 valence electrons. The summed E-state index contributed by atoms with van der Waals surface area (Å²) in [6.45, 7) is 0. The SMILES string of the molecule is O=C1/C(=C/c2cccn2-c2ccc3ccccc3c2)SC(=Nc2ccccc2)N1c1ccccc1. The van der Waals surface area contributed by atoms with Crippen LogP contribution < -0.4 is 4.90 Å². The van der Waals surface area contributed by atoms with Crippen LogP contribution in [0.25, 0.3) is 22.5 Å². The summed E-state index contributed by atoms with van der Waals surface area (Å²) in [7, 11) is 0. The number of hydrogen-bond donors (Lipinski definition) is 0. The van der Waals surface area contributed by atoms with E-state index in [0.29, 0.717) is 10.1 Å². The third kappa shape index (κ3) is 4.18. The van der Waals surface area contributed by atoms with Crippen LogP contribution in [0, 0.1) is 0 Å². The van der Waals surface area contributed by atoms with Gasteiger partial charge in [0.05, 0.1) is 16.3 Å². The Hall–Kier alpha value is -4.35. The topological polar surface area (TPSA) is 37.6 Å². The number of carbonyl (C=O) groups is 1. The van der Waals surface area contributed by atoms with E-state index < -0.39 is 0 Å². The van der Waals surface area contributed by atoms with Gasteiger partial charge in [0.1, 0.15) is 0 Å². The molecule has 1 fully saturated rings. The number of hydrogen-bond acceptors (Lipinski definition) is 3. The van der Waals surface area contributed by atoms with Gasteiger partial charge in [0.25, 0.3) is 5.91 Å². The average molecular weight is 472 g/mol. The monoisotopic (exact) mass is 471 g/mol. The predicted molar refractivity (Wildman–Crippen MR) is 146 cm³/mol. The Bertz CT molecular complexity index is 1590. The highest BCUT2D eigenvalue weighted by Gasteiger charge is 2.34. The minimum atomic E-state index is -0.0813. The fourth-order valence-electron chi connectivity index (χ4n) is 4.17. The maximum Gasteiger partial charge on any atom is 0.271 e. The molecular formula is C30H21N3OS. The molecule has 0 N–H and O–H groups in total. The molecule has 1 aliphatic rings. The van der Waals surface area contributed by atoms with E-state index in [1.165, 1.54) is 22.5 Å². The van der Waals surface area contributed by atoms with Gasteiger partial charge in [-0.1, -0.05) is 66.7 Å². The van der Waals surface area contributed by atoms with E-state index in [0.717, 1.165) is 22.8 Å². The average Bonchev–Trinajstić information content (AvgIpc) is 3.49. The van der Waals surface area contributed by atoms with E-state index >= 15 is 0 Å². The lowest BCUT2D eigenvalue weighted by Gasteiger charge is -2.15. The molecule has 5 heteroatoms. The minimum absolute atomic E-state index is 0.0813. The van der Waals surface area contributed by atoms with E-state index in [1.54, 1.807) is 4.90 Å². The molecule has 4 nitrogen and oxygen atoms in total. The van der Waals surface area contributed by atoms with Gasteiger partial charge in [0.15, 0.2) is 5.17 Å². The zero-order valence-corrected chi connectivity index (χ0v) is 19.6. The van der Waals surface area contributed by atoms with Crippen LogP contribution in [0.2, 0.25) is 0 Å². The molecule has 2 heterocycles. The zero-order chi connectivity index (χ0) is 23.6. The molecule has 1 aliphatic heterocycles. The lowest BCUT2D eigenvalue weighted by Crippen LogP contribution is -2.28. The lowest BCUT2D eigenvalue weighted by atomic mass is 10.1. The standard InChI is InChI=1S/C30H21N3OS/c34-29-28(21-26-16-9-19-32(26)27-18-17-22-10-7-8-11-23(22)20-27)35-30(31-24-12-3-1-4-13-24)33(29)25-14-5-2-6-15-25/h1-21H/b28-21-,31-30?. The number of thioether (sulfide) groups is 1. The van der Waals surface area contributed by atoms with Gasteiger partial charge in [-0.05, 0) is 77.1 Å². The van der Waals surface area contributed by atoms with Crippen LogP contribution >= 0.6 is 11.8 Å². The first-order chi connectivity index (χ1) is 17.3. The molecule has 6 rings (SSSR count). The van der Waals surface area contributed by atoms with Crippen molar-refractivity contribution in [2.24, 2.45) is 4.99 Å². The number of benzene rings is 4. The van der Waals surface area contributed by atoms with Gasteiger partial charge in [0, 0.05) is 17.6 Å². The van der Waals surface area contributed by atoms with Gasteiger partial charge >= 0.3 is 0 Å². The van der Waals surface area contributed by atoms with Crippen molar-refractivity contribution < 1.29 is 4.79 Å². The van der Waals surface area contributed by atoms with Gasteiger partial charge in [0.2, 0.25) is 0 Å². The zero-order valence-electron chi connectivity index (χ0n) is 18.8. The quantitative estimate of drug-likeness (QED) is 0.256. The summed E-state index contributed by atoms with van der Waals surface area (Å²) in [5.74, 6) is -0.0813. The Morgan fingerprint density at radius 3 is 2.20 bits per heavy atom. The maximum absolute atomic E-state index is 13.6. The van der Waals surface area contributed by atoms with Crippen LogP contribution in [-0.4, -0.2) is 15.6 Å². The van der Waals surface area contributed by atoms with Gasteiger partial charge in [-0.3, -0.25) is 9.69 Å². The molecular weight excluding hydrogens is 450 g/mol. The van der Waals surface area contributed by atoms with Crippen molar-refractivity contribution >= 4 is 51.1 Å². The first-order valence-corrected chi connectivity index (χ1v) is 12.2. The number of amidine groups is 1. The fraction of sp³-hybridized carbons (Fsp3) is 0. The second kappa shape index (κ2) is 9.12. The third-order valence-electron chi connectivity index (χ3n) is 5.87. The lowest BCUT2D eigenvalue weighted by molar-refractivity contribution is -0.113. The number of aliphatic imine (C=N–C) groups is 1. The van der Waals surface area contributed by atoms with Crippen LogP contribution in [-0.2, 0) is 4.79 Å². The summed E-state index contributed by atoms with van der Waals surface area (Å²) in [5.41, 5.74) is 3.59. The Balaban J connectivity index is 1.41. The number of amides is 1. The van der Waals surface area contributed by atoms with Crippen LogP contribution in [0.1, 0.15) is 5.69 Å². The highest BCUT2D eigenvalue weighted by molar-refractivity contribution is 8.19. The van der Waals surface area contributed by atoms with Crippen LogP contribution in [0.3, 0.4) is 0 Å². The summed E-state index contributed by atoms with van der Waals surface area (Å²) in [4.78, 5) is 20.7. The Morgan fingerprint density at radius 1 is 0.686 bits per heavy atom. The van der Waals surface area contributed by atoms with E-state index in [1.807, 2.05) is 97.2 Å². The molecule has 35 heavy (non-hydrogen) atoms. The number of para-hydroxylation sites is 2. The van der Waals surface area contributed by atoms with Crippen LogP contribution in [0.5, 0.6) is 0 Å². The van der Waals surface area contributed by atoms with Crippen LogP contribution in [0.15, 0.2) is 131 Å². The Morgan fingerprint density at radius 2 is 1.40 bits per heavy atom. The second-order valence-electron chi connectivity index (χ2n) is 8.15. The first-order valence-electron chi connectivity index (χ1n) is 11.4. The summed E-state index contributed by atoms with van der Waals surface area (Å²) in [6, 6.07) is 38.1. The molecule has 4 aromatic carbocycles. The Kier molecular flexibility index (Phi) is 5.53. The van der Waals surface area contributed by atoms with Crippen molar-refractivity contribution in [1.82, 2.24) is 4.57 Å². The number of carbonyl (C=O) groups excluding carboxylic acids is 1. The largest absolute Gasteiger partial charge is 0.317 e. The van der Waals surface area contributed by atoms with Crippen molar-refractivity contribution in [1.29, 1.82) is 0 Å². The van der Waals surface area contributed by atoms with Crippen molar-refractivity contribution in [2.75, 3.05) is 4.90 Å². The highest BCUT2D eigenvalue weighted by atomic mass is 32.2. The van der Waals surface area contributed by atoms with Crippen molar-refractivity contribution in [3.8, 4) is 5.69 Å². The number of nitrogens with zero attached hydrogens (tertiary/aromatic N) is 3. The predicted octanol–water partition coefficient (Wildman–Crippen LogP) is 7.44. The van der Waals surface area contributed by atoms with E-state index in [-0.39, 0.29) is 5.91 Å². The van der Waals surface area contributed by atoms with Gasteiger partial charge < -0.3 is 4.57 Å². The molecule has 5 aromatic rings. The molecule has 0 unspecified atom stereocenters. The molecule has 0 atom stereocenters. The number of aromatic nitrogens is 1. The second-order valence-corrected chi connectivity index (χ2v) is 9.16. The van der Waals surface area contributed by atoms with Crippen molar-refractivity contribution in [3.05, 3.63) is 132 Å². The number of anilines is 1. The molecule has 1 saturated heterocycles. The van der Waals surface area contributed by atoms with Gasteiger partial charge in [-0.2, -0.15) is 0 Å². The molecule has 1 amide bonds. The van der Waals surface area contributed by atoms with E-state index in [9.17, 15) is 4.79 Å². The molecule has 0 saturated carbocycles. The molecule has 0 bridgehead atoms. The van der Waals surface area contributed by atoms with E-state index in [2.05, 4.69) is 34.9 Å².